The third kappa shape index (κ3) is 3.55. The number of benzene rings is 2. The average molecular weight is 422 g/mol. The van der Waals surface area contributed by atoms with Gasteiger partial charge in [0.2, 0.25) is 0 Å². The van der Waals surface area contributed by atoms with Crippen molar-refractivity contribution in [2.75, 3.05) is 25.6 Å². The molecule has 0 saturated carbocycles. The smallest absolute Gasteiger partial charge is 0.257 e. The second kappa shape index (κ2) is 8.08. The topological polar surface area (TPSA) is 63.7 Å². The average Bonchev–Trinajstić information content (AvgIpc) is 3.48. The fraction of sp³-hybridized carbons (Fsp3) is 0.304. The van der Waals surface area contributed by atoms with Gasteiger partial charge in [-0.1, -0.05) is 24.3 Å². The number of thiazole rings is 1. The summed E-state index contributed by atoms with van der Waals surface area (Å²) in [6.45, 7) is 1.31. The monoisotopic (exact) mass is 421 g/mol. The van der Waals surface area contributed by atoms with Crippen LogP contribution < -0.4 is 10.1 Å². The zero-order valence-electron chi connectivity index (χ0n) is 16.7. The number of fused-ring (bicyclic) bond motifs is 1. The summed E-state index contributed by atoms with van der Waals surface area (Å²) < 4.78 is 11.2. The first-order valence-corrected chi connectivity index (χ1v) is 11.0. The van der Waals surface area contributed by atoms with Gasteiger partial charge in [-0.15, -0.1) is 11.3 Å². The van der Waals surface area contributed by atoms with Crippen LogP contribution in [-0.2, 0) is 4.74 Å². The van der Waals surface area contributed by atoms with Crippen LogP contribution in [0.25, 0.3) is 10.6 Å². The minimum atomic E-state index is -0.327. The van der Waals surface area contributed by atoms with Crippen molar-refractivity contribution in [3.05, 3.63) is 65.2 Å². The minimum Gasteiger partial charge on any atom is -0.497 e. The molecule has 2 atom stereocenters. The van der Waals surface area contributed by atoms with Gasteiger partial charge in [0.25, 0.3) is 5.91 Å². The van der Waals surface area contributed by atoms with Crippen LogP contribution in [0.5, 0.6) is 5.75 Å². The second-order valence-corrected chi connectivity index (χ2v) is 8.35. The third-order valence-electron chi connectivity index (χ3n) is 5.57. The van der Waals surface area contributed by atoms with Crippen LogP contribution in [0.15, 0.2) is 53.9 Å². The standard InChI is InChI=1S/C23H23N3O3S/c1-28-16-7-4-6-15(12-16)22-25-20(14-30-22)21-24-19-10-3-2-9-18(19)23(27)26(21)13-17-8-5-11-29-17/h2-4,6-7,9-10,12,14,17,21,24H,5,8,11,13H2,1H3. The molecule has 0 aliphatic carbocycles. The number of rotatable bonds is 5. The van der Waals surface area contributed by atoms with Crippen LogP contribution in [0, 0.1) is 0 Å². The van der Waals surface area contributed by atoms with Crippen molar-refractivity contribution < 1.29 is 14.3 Å². The first-order chi connectivity index (χ1) is 14.7. The van der Waals surface area contributed by atoms with E-state index in [1.54, 1.807) is 18.4 Å². The molecule has 2 aromatic carbocycles. The minimum absolute atomic E-state index is 0.0146. The Bertz CT molecular complexity index is 1060. The Balaban J connectivity index is 1.49. The normalized spacial score (nSPS) is 20.7. The molecule has 0 radical (unpaired) electrons. The van der Waals surface area contributed by atoms with Crippen LogP contribution in [0.1, 0.15) is 35.1 Å². The Labute approximate surface area is 179 Å². The Kier molecular flexibility index (Phi) is 5.14. The second-order valence-electron chi connectivity index (χ2n) is 7.49. The molecule has 3 aromatic rings. The van der Waals surface area contributed by atoms with Gasteiger partial charge in [-0.2, -0.15) is 0 Å². The van der Waals surface area contributed by atoms with Crippen molar-refractivity contribution in [3.8, 4) is 16.3 Å². The number of nitrogens with one attached hydrogen (secondary N) is 1. The summed E-state index contributed by atoms with van der Waals surface area (Å²) in [4.78, 5) is 20.1. The van der Waals surface area contributed by atoms with E-state index in [4.69, 9.17) is 14.5 Å². The van der Waals surface area contributed by atoms with Crippen molar-refractivity contribution in [3.63, 3.8) is 0 Å². The van der Waals surface area contributed by atoms with Gasteiger partial charge in [-0.05, 0) is 37.1 Å². The molecule has 1 aromatic heterocycles. The highest BCUT2D eigenvalue weighted by Gasteiger charge is 2.36. The summed E-state index contributed by atoms with van der Waals surface area (Å²) >= 11 is 1.57. The first kappa shape index (κ1) is 19.1. The van der Waals surface area contributed by atoms with E-state index in [9.17, 15) is 4.79 Å². The van der Waals surface area contributed by atoms with E-state index in [0.717, 1.165) is 47.2 Å². The highest BCUT2D eigenvalue weighted by atomic mass is 32.1. The number of carbonyl (C=O) groups excluding carboxylic acids is 1. The number of carbonyl (C=O) groups is 1. The Morgan fingerprint density at radius 1 is 1.27 bits per heavy atom. The molecular formula is C23H23N3O3S. The molecule has 0 spiro atoms. The number of para-hydroxylation sites is 1. The lowest BCUT2D eigenvalue weighted by Crippen LogP contribution is -2.46. The molecule has 1 saturated heterocycles. The van der Waals surface area contributed by atoms with Crippen molar-refractivity contribution in [2.45, 2.75) is 25.1 Å². The number of ether oxygens (including phenoxy) is 2. The van der Waals surface area contributed by atoms with Crippen LogP contribution >= 0.6 is 11.3 Å². The lowest BCUT2D eigenvalue weighted by atomic mass is 10.1. The molecule has 1 N–H and O–H groups in total. The molecule has 6 nitrogen and oxygen atoms in total. The zero-order chi connectivity index (χ0) is 20.5. The van der Waals surface area contributed by atoms with Gasteiger partial charge in [0, 0.05) is 29.8 Å². The van der Waals surface area contributed by atoms with E-state index in [-0.39, 0.29) is 18.2 Å². The van der Waals surface area contributed by atoms with Crippen LogP contribution in [-0.4, -0.2) is 42.2 Å². The molecule has 7 heteroatoms. The number of hydrogen-bond donors (Lipinski definition) is 1. The van der Waals surface area contributed by atoms with E-state index in [1.807, 2.05) is 58.8 Å². The number of aromatic nitrogens is 1. The summed E-state index contributed by atoms with van der Waals surface area (Å²) in [6.07, 6.45) is 1.76. The molecule has 1 fully saturated rings. The lowest BCUT2D eigenvalue weighted by Gasteiger charge is -2.38. The van der Waals surface area contributed by atoms with E-state index >= 15 is 0 Å². The van der Waals surface area contributed by atoms with Crippen LogP contribution in [0.3, 0.4) is 0 Å². The van der Waals surface area contributed by atoms with Crippen molar-refractivity contribution >= 4 is 22.9 Å². The maximum absolute atomic E-state index is 13.3. The van der Waals surface area contributed by atoms with E-state index < -0.39 is 0 Å². The number of hydrogen-bond acceptors (Lipinski definition) is 6. The van der Waals surface area contributed by atoms with Gasteiger partial charge in [-0.25, -0.2) is 4.98 Å². The molecule has 2 unspecified atom stereocenters. The van der Waals surface area contributed by atoms with Crippen molar-refractivity contribution in [1.29, 1.82) is 0 Å². The molecule has 0 bridgehead atoms. The third-order valence-corrected chi connectivity index (χ3v) is 6.47. The lowest BCUT2D eigenvalue weighted by molar-refractivity contribution is 0.0423. The number of nitrogens with zero attached hydrogens (tertiary/aromatic N) is 2. The van der Waals surface area contributed by atoms with Gasteiger partial charge in [0.15, 0.2) is 0 Å². The highest BCUT2D eigenvalue weighted by molar-refractivity contribution is 7.13. The molecule has 5 rings (SSSR count). The molecule has 154 valence electrons. The van der Waals surface area contributed by atoms with E-state index in [0.29, 0.717) is 12.1 Å². The summed E-state index contributed by atoms with van der Waals surface area (Å²) in [5, 5.41) is 6.45. The van der Waals surface area contributed by atoms with Gasteiger partial charge >= 0.3 is 0 Å². The van der Waals surface area contributed by atoms with Crippen molar-refractivity contribution in [1.82, 2.24) is 9.88 Å². The summed E-state index contributed by atoms with van der Waals surface area (Å²) in [5.41, 5.74) is 3.36. The first-order valence-electron chi connectivity index (χ1n) is 10.1. The maximum atomic E-state index is 13.3. The fourth-order valence-electron chi connectivity index (χ4n) is 4.02. The van der Waals surface area contributed by atoms with Gasteiger partial charge in [-0.3, -0.25) is 4.79 Å². The van der Waals surface area contributed by atoms with E-state index in [1.165, 1.54) is 0 Å². The van der Waals surface area contributed by atoms with E-state index in [2.05, 4.69) is 5.32 Å². The molecule has 2 aliphatic heterocycles. The summed E-state index contributed by atoms with van der Waals surface area (Å²) in [7, 11) is 1.66. The fourth-order valence-corrected chi connectivity index (χ4v) is 4.86. The molecule has 2 aliphatic rings. The van der Waals surface area contributed by atoms with Crippen molar-refractivity contribution in [2.24, 2.45) is 0 Å². The quantitative estimate of drug-likeness (QED) is 0.654. The SMILES string of the molecule is COc1cccc(-c2nc(C3Nc4ccccc4C(=O)N3CC3CCCO3)cs2)c1. The predicted molar refractivity (Wildman–Crippen MR) is 117 cm³/mol. The Morgan fingerprint density at radius 2 is 2.17 bits per heavy atom. The zero-order valence-corrected chi connectivity index (χ0v) is 17.5. The molecule has 30 heavy (non-hydrogen) atoms. The van der Waals surface area contributed by atoms with Crippen LogP contribution in [0.2, 0.25) is 0 Å². The van der Waals surface area contributed by atoms with Gasteiger partial charge in [0.05, 0.1) is 24.5 Å². The number of methoxy groups -OCH3 is 1. The van der Waals surface area contributed by atoms with Crippen LogP contribution in [0.4, 0.5) is 5.69 Å². The largest absolute Gasteiger partial charge is 0.497 e. The predicted octanol–water partition coefficient (Wildman–Crippen LogP) is 4.56. The molecule has 3 heterocycles. The number of amides is 1. The summed E-state index contributed by atoms with van der Waals surface area (Å²) in [6, 6.07) is 15.5. The highest BCUT2D eigenvalue weighted by Crippen LogP contribution is 2.36. The summed E-state index contributed by atoms with van der Waals surface area (Å²) in [5.74, 6) is 0.810. The van der Waals surface area contributed by atoms with Gasteiger partial charge in [0.1, 0.15) is 16.9 Å². The Morgan fingerprint density at radius 3 is 3.00 bits per heavy atom. The Hall–Kier alpha value is -2.90. The molecular weight excluding hydrogens is 398 g/mol. The maximum Gasteiger partial charge on any atom is 0.257 e. The molecule has 1 amide bonds. The van der Waals surface area contributed by atoms with Gasteiger partial charge < -0.3 is 19.7 Å². The number of anilines is 1.